The molecule has 1 rings (SSSR count). The van der Waals surface area contributed by atoms with E-state index >= 15 is 0 Å². The van der Waals surface area contributed by atoms with Gasteiger partial charge >= 0.3 is 0 Å². The Kier molecular flexibility index (Phi) is 5.37. The molecular formula is C11H22N4O2. The Hall–Kier alpha value is -1.14. The van der Waals surface area contributed by atoms with Crippen LogP contribution in [0.1, 0.15) is 13.8 Å². The molecule has 1 unspecified atom stereocenters. The molecule has 2 amide bonds. The van der Waals surface area contributed by atoms with E-state index in [0.29, 0.717) is 0 Å². The second-order valence-corrected chi connectivity index (χ2v) is 4.38. The third-order valence-electron chi connectivity index (χ3n) is 2.86. The van der Waals surface area contributed by atoms with E-state index in [1.807, 2.05) is 0 Å². The fraction of sp³-hybridized carbons (Fsp3) is 0.818. The number of rotatable bonds is 6. The van der Waals surface area contributed by atoms with Crippen molar-refractivity contribution in [3.8, 4) is 0 Å². The van der Waals surface area contributed by atoms with Crippen LogP contribution in [0.25, 0.3) is 0 Å². The zero-order valence-electron chi connectivity index (χ0n) is 10.7. The van der Waals surface area contributed by atoms with Gasteiger partial charge < -0.3 is 16.0 Å². The molecule has 0 aliphatic carbocycles. The monoisotopic (exact) mass is 242 g/mol. The largest absolute Gasteiger partial charge is 0.349 e. The topological polar surface area (TPSA) is 73.5 Å². The highest BCUT2D eigenvalue weighted by atomic mass is 16.2. The predicted octanol–water partition coefficient (Wildman–Crippen LogP) is -1.47. The second-order valence-electron chi connectivity index (χ2n) is 4.38. The Morgan fingerprint density at radius 1 is 1.41 bits per heavy atom. The van der Waals surface area contributed by atoms with Gasteiger partial charge in [-0.05, 0) is 20.5 Å². The minimum Gasteiger partial charge on any atom is -0.349 e. The van der Waals surface area contributed by atoms with Gasteiger partial charge in [-0.1, -0.05) is 6.92 Å². The molecule has 0 aromatic rings. The normalized spacial score (nSPS) is 18.3. The van der Waals surface area contributed by atoms with Gasteiger partial charge in [-0.3, -0.25) is 14.5 Å². The summed E-state index contributed by atoms with van der Waals surface area (Å²) >= 11 is 0. The van der Waals surface area contributed by atoms with Gasteiger partial charge in [0.25, 0.3) is 0 Å². The zero-order chi connectivity index (χ0) is 12.8. The molecule has 0 bridgehead atoms. The molecule has 0 saturated carbocycles. The van der Waals surface area contributed by atoms with Crippen LogP contribution in [0.4, 0.5) is 0 Å². The maximum atomic E-state index is 11.7. The maximum absolute atomic E-state index is 11.7. The first kappa shape index (κ1) is 13.9. The predicted molar refractivity (Wildman–Crippen MR) is 65.6 cm³/mol. The average molecular weight is 242 g/mol. The lowest BCUT2D eigenvalue weighted by Gasteiger charge is -2.39. The summed E-state index contributed by atoms with van der Waals surface area (Å²) in [5.41, 5.74) is 0. The number of hydrogen-bond donors (Lipinski definition) is 3. The van der Waals surface area contributed by atoms with E-state index in [0.717, 1.165) is 19.6 Å². The van der Waals surface area contributed by atoms with Crippen LogP contribution in [0.5, 0.6) is 0 Å². The fourth-order valence-corrected chi connectivity index (χ4v) is 1.76. The van der Waals surface area contributed by atoms with Crippen molar-refractivity contribution < 1.29 is 9.59 Å². The molecule has 1 atom stereocenters. The number of amides is 2. The molecule has 1 saturated heterocycles. The zero-order valence-corrected chi connectivity index (χ0v) is 10.7. The Labute approximate surface area is 102 Å². The first-order valence-corrected chi connectivity index (χ1v) is 6.03. The summed E-state index contributed by atoms with van der Waals surface area (Å²) in [6.07, 6.45) is 0. The van der Waals surface area contributed by atoms with E-state index < -0.39 is 6.04 Å². The van der Waals surface area contributed by atoms with E-state index in [-0.39, 0.29) is 24.4 Å². The third kappa shape index (κ3) is 4.32. The van der Waals surface area contributed by atoms with Crippen molar-refractivity contribution in [3.05, 3.63) is 0 Å². The van der Waals surface area contributed by atoms with E-state index in [2.05, 4.69) is 27.8 Å². The minimum absolute atomic E-state index is 0.116. The highest BCUT2D eigenvalue weighted by Gasteiger charge is 2.28. The van der Waals surface area contributed by atoms with Crippen LogP contribution in [-0.2, 0) is 9.59 Å². The molecule has 1 aliphatic rings. The Morgan fingerprint density at radius 2 is 2.06 bits per heavy atom. The summed E-state index contributed by atoms with van der Waals surface area (Å²) < 4.78 is 0. The highest BCUT2D eigenvalue weighted by Crippen LogP contribution is 2.06. The summed E-state index contributed by atoms with van der Waals surface area (Å²) in [4.78, 5) is 25.2. The number of carbonyl (C=O) groups excluding carboxylic acids is 2. The van der Waals surface area contributed by atoms with Crippen LogP contribution in [-0.4, -0.2) is 62.0 Å². The Bertz CT molecular complexity index is 277. The SMILES string of the molecule is CCN1CC(NC(=O)C(C)NC(=O)CNC)C1. The summed E-state index contributed by atoms with van der Waals surface area (Å²) in [5, 5.41) is 8.28. The summed E-state index contributed by atoms with van der Waals surface area (Å²) in [7, 11) is 1.69. The number of nitrogens with zero attached hydrogens (tertiary/aromatic N) is 1. The van der Waals surface area contributed by atoms with Crippen molar-refractivity contribution in [1.29, 1.82) is 0 Å². The van der Waals surface area contributed by atoms with E-state index in [1.54, 1.807) is 14.0 Å². The molecule has 0 spiro atoms. The van der Waals surface area contributed by atoms with Crippen LogP contribution in [0, 0.1) is 0 Å². The smallest absolute Gasteiger partial charge is 0.242 e. The molecule has 0 radical (unpaired) electrons. The lowest BCUT2D eigenvalue weighted by Crippen LogP contribution is -2.61. The molecule has 6 heteroatoms. The lowest BCUT2D eigenvalue weighted by molar-refractivity contribution is -0.129. The van der Waals surface area contributed by atoms with Gasteiger partial charge in [-0.2, -0.15) is 0 Å². The van der Waals surface area contributed by atoms with Gasteiger partial charge in [-0.15, -0.1) is 0 Å². The Balaban J connectivity index is 2.21. The minimum atomic E-state index is -0.480. The van der Waals surface area contributed by atoms with Gasteiger partial charge in [0.15, 0.2) is 0 Å². The van der Waals surface area contributed by atoms with Crippen LogP contribution < -0.4 is 16.0 Å². The van der Waals surface area contributed by atoms with Crippen LogP contribution in [0.15, 0.2) is 0 Å². The van der Waals surface area contributed by atoms with Crippen molar-refractivity contribution in [3.63, 3.8) is 0 Å². The molecular weight excluding hydrogens is 220 g/mol. The molecule has 1 fully saturated rings. The summed E-state index contributed by atoms with van der Waals surface area (Å²) in [6, 6.07) is -0.252. The van der Waals surface area contributed by atoms with E-state index in [4.69, 9.17) is 0 Å². The number of hydrogen-bond acceptors (Lipinski definition) is 4. The average Bonchev–Trinajstić information content (AvgIpc) is 2.22. The van der Waals surface area contributed by atoms with Crippen LogP contribution >= 0.6 is 0 Å². The molecule has 0 aromatic heterocycles. The number of likely N-dealkylation sites (N-methyl/N-ethyl adjacent to an activating group) is 2. The van der Waals surface area contributed by atoms with Crippen molar-refractivity contribution in [1.82, 2.24) is 20.9 Å². The lowest BCUT2D eigenvalue weighted by atomic mass is 10.1. The van der Waals surface area contributed by atoms with Gasteiger partial charge in [0.1, 0.15) is 6.04 Å². The number of carbonyl (C=O) groups is 2. The van der Waals surface area contributed by atoms with Crippen molar-refractivity contribution in [2.45, 2.75) is 25.9 Å². The molecule has 1 heterocycles. The van der Waals surface area contributed by atoms with Crippen molar-refractivity contribution >= 4 is 11.8 Å². The fourth-order valence-electron chi connectivity index (χ4n) is 1.76. The standard InChI is InChI=1S/C11H22N4O2/c1-4-15-6-9(7-15)14-11(17)8(2)13-10(16)5-12-3/h8-9,12H,4-7H2,1-3H3,(H,13,16)(H,14,17). The maximum Gasteiger partial charge on any atom is 0.242 e. The first-order chi connectivity index (χ1) is 8.06. The molecule has 17 heavy (non-hydrogen) atoms. The van der Waals surface area contributed by atoms with Crippen molar-refractivity contribution in [2.75, 3.05) is 33.2 Å². The van der Waals surface area contributed by atoms with Gasteiger partial charge in [-0.25, -0.2) is 0 Å². The third-order valence-corrected chi connectivity index (χ3v) is 2.86. The van der Waals surface area contributed by atoms with E-state index in [9.17, 15) is 9.59 Å². The number of likely N-dealkylation sites (tertiary alicyclic amines) is 1. The van der Waals surface area contributed by atoms with Crippen LogP contribution in [0.3, 0.4) is 0 Å². The quantitative estimate of drug-likeness (QED) is 0.532. The molecule has 6 nitrogen and oxygen atoms in total. The summed E-state index contributed by atoms with van der Waals surface area (Å²) in [5.74, 6) is -0.283. The molecule has 1 aliphatic heterocycles. The van der Waals surface area contributed by atoms with Crippen LogP contribution in [0.2, 0.25) is 0 Å². The second kappa shape index (κ2) is 6.56. The molecule has 0 aromatic carbocycles. The van der Waals surface area contributed by atoms with Gasteiger partial charge in [0.2, 0.25) is 11.8 Å². The molecule has 3 N–H and O–H groups in total. The Morgan fingerprint density at radius 3 is 2.59 bits per heavy atom. The number of nitrogens with one attached hydrogen (secondary N) is 3. The van der Waals surface area contributed by atoms with Gasteiger partial charge in [0, 0.05) is 13.1 Å². The summed E-state index contributed by atoms with van der Waals surface area (Å²) in [6.45, 7) is 6.84. The molecule has 98 valence electrons. The van der Waals surface area contributed by atoms with Crippen molar-refractivity contribution in [2.24, 2.45) is 0 Å². The first-order valence-electron chi connectivity index (χ1n) is 6.03. The van der Waals surface area contributed by atoms with E-state index in [1.165, 1.54) is 0 Å². The van der Waals surface area contributed by atoms with Gasteiger partial charge in [0.05, 0.1) is 12.6 Å². The highest BCUT2D eigenvalue weighted by molar-refractivity contribution is 5.88.